The molecule has 0 saturated carbocycles. The Labute approximate surface area is 207 Å². The van der Waals surface area contributed by atoms with Gasteiger partial charge in [-0.25, -0.2) is 0 Å². The third-order valence-electron chi connectivity index (χ3n) is 8.24. The van der Waals surface area contributed by atoms with Gasteiger partial charge in [0.05, 0.1) is 18.0 Å². The van der Waals surface area contributed by atoms with Crippen LogP contribution in [0.4, 0.5) is 0 Å². The average Bonchev–Trinajstić information content (AvgIpc) is 3.19. The van der Waals surface area contributed by atoms with Gasteiger partial charge in [0.25, 0.3) is 0 Å². The smallest absolute Gasteiger partial charge is 0.231 e. The molecule has 0 bridgehead atoms. The molecule has 6 rings (SSSR count). The minimum absolute atomic E-state index is 0.175. The quantitative estimate of drug-likeness (QED) is 0.251. The number of para-hydroxylation sites is 1. The van der Waals surface area contributed by atoms with Crippen molar-refractivity contribution in [2.24, 2.45) is 7.05 Å². The van der Waals surface area contributed by atoms with Crippen LogP contribution in [-0.4, -0.2) is 4.98 Å². The Hall–Kier alpha value is -3.46. The maximum Gasteiger partial charge on any atom is 0.231 e. The summed E-state index contributed by atoms with van der Waals surface area (Å²) >= 11 is 0. The van der Waals surface area contributed by atoms with Crippen molar-refractivity contribution in [3.63, 3.8) is 0 Å². The second-order valence-corrected chi connectivity index (χ2v) is 11.5. The van der Waals surface area contributed by atoms with Gasteiger partial charge in [-0.3, -0.25) is 4.98 Å². The van der Waals surface area contributed by atoms with Gasteiger partial charge < -0.3 is 4.42 Å². The molecule has 0 radical (unpaired) electrons. The van der Waals surface area contributed by atoms with Crippen molar-refractivity contribution < 1.29 is 8.98 Å². The van der Waals surface area contributed by atoms with E-state index in [1.807, 2.05) is 18.6 Å². The highest BCUT2D eigenvalue weighted by Gasteiger charge is 2.37. The highest BCUT2D eigenvalue weighted by Crippen LogP contribution is 2.47. The SMILES string of the molecule is Cc1cc2c(cc1-c1cncc[n+]1C)oc1c(-c3ccc4c(c3)C(C)(C)CCC4(C)C)cccc12. The highest BCUT2D eigenvalue weighted by molar-refractivity contribution is 6.10. The summed E-state index contributed by atoms with van der Waals surface area (Å²) in [6.07, 6.45) is 8.14. The predicted molar refractivity (Wildman–Crippen MR) is 144 cm³/mol. The summed E-state index contributed by atoms with van der Waals surface area (Å²) in [5.41, 5.74) is 11.0. The largest absolute Gasteiger partial charge is 0.455 e. The lowest BCUT2D eigenvalue weighted by atomic mass is 9.63. The van der Waals surface area contributed by atoms with Crippen LogP contribution >= 0.6 is 0 Å². The number of aryl methyl sites for hydroxylation is 2. The number of nitrogens with zero attached hydrogens (tertiary/aromatic N) is 2. The molecule has 0 atom stereocenters. The van der Waals surface area contributed by atoms with Gasteiger partial charge >= 0.3 is 0 Å². The van der Waals surface area contributed by atoms with E-state index >= 15 is 0 Å². The maximum atomic E-state index is 6.60. The van der Waals surface area contributed by atoms with E-state index < -0.39 is 0 Å². The van der Waals surface area contributed by atoms with E-state index in [1.54, 1.807) is 0 Å². The molecule has 0 amide bonds. The van der Waals surface area contributed by atoms with Crippen molar-refractivity contribution in [1.29, 1.82) is 0 Å². The first-order valence-electron chi connectivity index (χ1n) is 12.6. The van der Waals surface area contributed by atoms with E-state index in [-0.39, 0.29) is 10.8 Å². The molecule has 2 aromatic heterocycles. The van der Waals surface area contributed by atoms with Gasteiger partial charge in [0.15, 0.2) is 6.20 Å². The van der Waals surface area contributed by atoms with Gasteiger partial charge in [-0.15, -0.1) is 0 Å². The van der Waals surface area contributed by atoms with Crippen LogP contribution in [0.2, 0.25) is 0 Å². The van der Waals surface area contributed by atoms with Gasteiger partial charge in [-0.2, -0.15) is 4.57 Å². The number of hydrogen-bond donors (Lipinski definition) is 0. The van der Waals surface area contributed by atoms with E-state index in [2.05, 4.69) is 99.7 Å². The van der Waals surface area contributed by atoms with E-state index in [4.69, 9.17) is 4.42 Å². The zero-order valence-electron chi connectivity index (χ0n) is 21.6. The molecule has 176 valence electrons. The average molecular weight is 462 g/mol. The molecule has 1 aliphatic carbocycles. The first-order valence-corrected chi connectivity index (χ1v) is 12.6. The number of aromatic nitrogens is 2. The van der Waals surface area contributed by atoms with Crippen molar-refractivity contribution in [1.82, 2.24) is 4.98 Å². The fraction of sp³-hybridized carbons (Fsp3) is 0.312. The second kappa shape index (κ2) is 7.52. The van der Waals surface area contributed by atoms with Crippen molar-refractivity contribution in [2.75, 3.05) is 0 Å². The molecule has 0 saturated heterocycles. The second-order valence-electron chi connectivity index (χ2n) is 11.5. The van der Waals surface area contributed by atoms with Crippen molar-refractivity contribution in [3.8, 4) is 22.4 Å². The van der Waals surface area contributed by atoms with Crippen LogP contribution in [0.25, 0.3) is 44.3 Å². The van der Waals surface area contributed by atoms with Gasteiger partial charge in [0.1, 0.15) is 18.2 Å². The Balaban J connectivity index is 1.56. The molecule has 3 nitrogen and oxygen atoms in total. The zero-order valence-corrected chi connectivity index (χ0v) is 21.6. The molecule has 1 aliphatic rings. The lowest BCUT2D eigenvalue weighted by molar-refractivity contribution is -0.660. The normalized spacial score (nSPS) is 16.5. The van der Waals surface area contributed by atoms with Crippen LogP contribution < -0.4 is 4.57 Å². The Morgan fingerprint density at radius 3 is 2.40 bits per heavy atom. The standard InChI is InChI=1S/C32H33N2O/c1-20-16-25-23-9-7-8-22(21-10-11-26-27(17-21)32(4,5)13-12-31(26,2)3)30(23)35-29(25)18-24(20)28-19-33-14-15-34(28)6/h7-11,14-19H,12-13H2,1-6H3/q+1. The molecule has 5 aromatic rings. The van der Waals surface area contributed by atoms with Gasteiger partial charge in [0.2, 0.25) is 5.69 Å². The van der Waals surface area contributed by atoms with Gasteiger partial charge in [-0.1, -0.05) is 64.1 Å². The summed E-state index contributed by atoms with van der Waals surface area (Å²) in [6, 6.07) is 18.0. The summed E-state index contributed by atoms with van der Waals surface area (Å²) in [5.74, 6) is 0. The Kier molecular flexibility index (Phi) is 4.73. The van der Waals surface area contributed by atoms with Crippen LogP contribution in [0, 0.1) is 6.92 Å². The van der Waals surface area contributed by atoms with Crippen LogP contribution in [-0.2, 0) is 17.9 Å². The molecule has 0 unspecified atom stereocenters. The Bertz CT molecular complexity index is 1620. The molecule has 0 N–H and O–H groups in total. The number of furan rings is 1. The summed E-state index contributed by atoms with van der Waals surface area (Å²) in [4.78, 5) is 4.35. The van der Waals surface area contributed by atoms with E-state index in [1.165, 1.54) is 40.5 Å². The molecule has 0 aliphatic heterocycles. The molecule has 2 heterocycles. The van der Waals surface area contributed by atoms with Crippen LogP contribution in [0.5, 0.6) is 0 Å². The van der Waals surface area contributed by atoms with E-state index in [0.717, 1.165) is 33.4 Å². The number of rotatable bonds is 2. The summed E-state index contributed by atoms with van der Waals surface area (Å²) < 4.78 is 8.71. The molecule has 35 heavy (non-hydrogen) atoms. The topological polar surface area (TPSA) is 29.9 Å². The third kappa shape index (κ3) is 3.40. The molecule has 0 spiro atoms. The minimum atomic E-state index is 0.175. The van der Waals surface area contributed by atoms with Gasteiger partial charge in [0, 0.05) is 16.3 Å². The minimum Gasteiger partial charge on any atom is -0.455 e. The van der Waals surface area contributed by atoms with Crippen molar-refractivity contribution >= 4 is 21.9 Å². The lowest BCUT2D eigenvalue weighted by Gasteiger charge is -2.42. The fourth-order valence-electron chi connectivity index (χ4n) is 5.89. The third-order valence-corrected chi connectivity index (χ3v) is 8.24. The number of hydrogen-bond acceptors (Lipinski definition) is 2. The fourth-order valence-corrected chi connectivity index (χ4v) is 5.89. The monoisotopic (exact) mass is 461 g/mol. The first kappa shape index (κ1) is 22.0. The van der Waals surface area contributed by atoms with Crippen molar-refractivity contribution in [2.45, 2.75) is 58.3 Å². The van der Waals surface area contributed by atoms with Crippen molar-refractivity contribution in [3.05, 3.63) is 83.8 Å². The van der Waals surface area contributed by atoms with Crippen LogP contribution in [0.1, 0.15) is 57.2 Å². The highest BCUT2D eigenvalue weighted by atomic mass is 16.3. The summed E-state index contributed by atoms with van der Waals surface area (Å²) in [7, 11) is 2.05. The first-order chi connectivity index (χ1) is 16.7. The number of benzene rings is 3. The van der Waals surface area contributed by atoms with Gasteiger partial charge in [-0.05, 0) is 65.0 Å². The van der Waals surface area contributed by atoms with Crippen LogP contribution in [0.3, 0.4) is 0 Å². The lowest BCUT2D eigenvalue weighted by Crippen LogP contribution is -2.33. The predicted octanol–water partition coefficient (Wildman–Crippen LogP) is 7.80. The van der Waals surface area contributed by atoms with E-state index in [9.17, 15) is 0 Å². The molecule has 3 aromatic carbocycles. The maximum absolute atomic E-state index is 6.60. The Morgan fingerprint density at radius 2 is 1.63 bits per heavy atom. The molecule has 3 heteroatoms. The summed E-state index contributed by atoms with van der Waals surface area (Å²) in [5, 5.41) is 2.33. The summed E-state index contributed by atoms with van der Waals surface area (Å²) in [6.45, 7) is 11.7. The van der Waals surface area contributed by atoms with Crippen LogP contribution in [0.15, 0.2) is 71.5 Å². The Morgan fingerprint density at radius 1 is 0.857 bits per heavy atom. The molecular weight excluding hydrogens is 428 g/mol. The molecule has 0 fully saturated rings. The van der Waals surface area contributed by atoms with E-state index in [0.29, 0.717) is 0 Å². The zero-order chi connectivity index (χ0) is 24.5. The number of fused-ring (bicyclic) bond motifs is 4. The molecular formula is C32H33N2O+.